The van der Waals surface area contributed by atoms with E-state index in [1.165, 1.54) is 0 Å². The van der Waals surface area contributed by atoms with Gasteiger partial charge in [-0.2, -0.15) is 4.98 Å². The minimum Gasteiger partial charge on any atom is -0.507 e. The number of fused-ring (bicyclic) bond motifs is 4. The standard InChI is InChI=1S/C25H22N2O4S/c1-4-16-12-18-24(29)26-23-21(22(28)14-9-10-19(30-2)20(11-14)31-3)17-8-6-5-7-15(17)13-27(23)25(18)32-16/h5-12,28H,4,13H2,1-3H3/b22-21-. The summed E-state index contributed by atoms with van der Waals surface area (Å²) in [4.78, 5) is 19.4. The quantitative estimate of drug-likeness (QED) is 0.399. The first-order valence-electron chi connectivity index (χ1n) is 10.3. The third-order valence-electron chi connectivity index (χ3n) is 5.78. The molecule has 0 spiro atoms. The number of ether oxygens (including phenoxy) is 2. The molecule has 0 fully saturated rings. The van der Waals surface area contributed by atoms with E-state index >= 15 is 0 Å². The maximum absolute atomic E-state index is 12.9. The number of aliphatic hydroxyl groups is 1. The normalized spacial score (nSPS) is 14.1. The summed E-state index contributed by atoms with van der Waals surface area (Å²) >= 11 is 1.60. The fraction of sp³-hybridized carbons (Fsp3) is 0.200. The average molecular weight is 447 g/mol. The van der Waals surface area contributed by atoms with Crippen LogP contribution in [0.15, 0.2) is 53.3 Å². The third-order valence-corrected chi connectivity index (χ3v) is 7.09. The van der Waals surface area contributed by atoms with Gasteiger partial charge in [-0.3, -0.25) is 4.79 Å². The molecule has 5 rings (SSSR count). The number of aryl methyl sites for hydroxylation is 1. The van der Waals surface area contributed by atoms with Gasteiger partial charge in [0.05, 0.1) is 31.7 Å². The number of hydrogen-bond donors (Lipinski definition) is 1. The predicted octanol–water partition coefficient (Wildman–Crippen LogP) is 4.87. The monoisotopic (exact) mass is 446 g/mol. The van der Waals surface area contributed by atoms with Gasteiger partial charge in [-0.05, 0) is 41.8 Å². The molecule has 32 heavy (non-hydrogen) atoms. The van der Waals surface area contributed by atoms with Crippen LogP contribution in [0.1, 0.15) is 34.3 Å². The van der Waals surface area contributed by atoms with Crippen molar-refractivity contribution in [2.24, 2.45) is 0 Å². The highest BCUT2D eigenvalue weighted by Crippen LogP contribution is 2.39. The Morgan fingerprint density at radius 2 is 1.91 bits per heavy atom. The van der Waals surface area contributed by atoms with Gasteiger partial charge >= 0.3 is 0 Å². The second-order valence-corrected chi connectivity index (χ2v) is 8.68. The molecule has 2 aromatic heterocycles. The molecule has 3 heterocycles. The van der Waals surface area contributed by atoms with E-state index in [1.807, 2.05) is 34.9 Å². The molecule has 0 radical (unpaired) electrons. The molecule has 0 saturated carbocycles. The molecule has 0 unspecified atom stereocenters. The molecule has 7 heteroatoms. The molecule has 2 aromatic carbocycles. The second kappa shape index (κ2) is 7.84. The Morgan fingerprint density at radius 1 is 1.12 bits per heavy atom. The summed E-state index contributed by atoms with van der Waals surface area (Å²) in [7, 11) is 3.12. The van der Waals surface area contributed by atoms with Crippen molar-refractivity contribution in [2.45, 2.75) is 19.9 Å². The van der Waals surface area contributed by atoms with Gasteiger partial charge in [-0.15, -0.1) is 11.3 Å². The van der Waals surface area contributed by atoms with Gasteiger partial charge in [0, 0.05) is 10.4 Å². The van der Waals surface area contributed by atoms with Crippen molar-refractivity contribution < 1.29 is 14.6 Å². The number of methoxy groups -OCH3 is 2. The number of thiophene rings is 1. The van der Waals surface area contributed by atoms with Crippen LogP contribution in [0.3, 0.4) is 0 Å². The lowest BCUT2D eigenvalue weighted by molar-refractivity contribution is 0.354. The molecule has 1 aliphatic rings. The van der Waals surface area contributed by atoms with Crippen molar-refractivity contribution in [3.05, 3.63) is 86.3 Å². The topological polar surface area (TPSA) is 73.6 Å². The molecule has 4 aromatic rings. The average Bonchev–Trinajstić information content (AvgIpc) is 3.28. The highest BCUT2D eigenvalue weighted by molar-refractivity contribution is 7.18. The van der Waals surface area contributed by atoms with Crippen LogP contribution in [-0.4, -0.2) is 28.9 Å². The Labute approximate surface area is 189 Å². The van der Waals surface area contributed by atoms with Crippen LogP contribution >= 0.6 is 11.3 Å². The van der Waals surface area contributed by atoms with Gasteiger partial charge in [-0.25, -0.2) is 0 Å². The van der Waals surface area contributed by atoms with Crippen LogP contribution in [0.2, 0.25) is 0 Å². The molecule has 1 N–H and O–H groups in total. The van der Waals surface area contributed by atoms with Gasteiger partial charge in [0.25, 0.3) is 5.56 Å². The summed E-state index contributed by atoms with van der Waals surface area (Å²) in [5.41, 5.74) is 2.72. The molecular formula is C25H22N2O4S. The van der Waals surface area contributed by atoms with E-state index < -0.39 is 0 Å². The lowest BCUT2D eigenvalue weighted by Gasteiger charge is -2.25. The number of aliphatic hydroxyl groups excluding tert-OH is 1. The van der Waals surface area contributed by atoms with E-state index in [4.69, 9.17) is 9.47 Å². The maximum atomic E-state index is 12.9. The van der Waals surface area contributed by atoms with Crippen LogP contribution < -0.4 is 15.0 Å². The largest absolute Gasteiger partial charge is 0.507 e. The first-order chi connectivity index (χ1) is 15.5. The Bertz CT molecular complexity index is 1450. The van der Waals surface area contributed by atoms with E-state index in [0.717, 1.165) is 27.3 Å². The first kappa shape index (κ1) is 20.3. The van der Waals surface area contributed by atoms with E-state index in [0.29, 0.717) is 40.4 Å². The van der Waals surface area contributed by atoms with Crippen LogP contribution in [0.5, 0.6) is 11.5 Å². The molecule has 162 valence electrons. The van der Waals surface area contributed by atoms with Gasteiger partial charge < -0.3 is 19.1 Å². The number of hydrogen-bond acceptors (Lipinski definition) is 6. The van der Waals surface area contributed by atoms with E-state index in [2.05, 4.69) is 11.9 Å². The van der Waals surface area contributed by atoms with E-state index in [1.54, 1.807) is 43.8 Å². The predicted molar refractivity (Wildman–Crippen MR) is 127 cm³/mol. The number of rotatable bonds is 4. The zero-order chi connectivity index (χ0) is 22.4. The summed E-state index contributed by atoms with van der Waals surface area (Å²) in [5.74, 6) is 1.58. The smallest absolute Gasteiger partial charge is 0.281 e. The fourth-order valence-corrected chi connectivity index (χ4v) is 5.25. The summed E-state index contributed by atoms with van der Waals surface area (Å²) in [5, 5.41) is 12.1. The number of aromatic nitrogens is 2. The Balaban J connectivity index is 1.83. The van der Waals surface area contributed by atoms with Crippen molar-refractivity contribution in [1.82, 2.24) is 9.55 Å². The molecule has 6 nitrogen and oxygen atoms in total. The van der Waals surface area contributed by atoms with Crippen LogP contribution in [-0.2, 0) is 13.0 Å². The Hall–Kier alpha value is -3.58. The molecule has 0 atom stereocenters. The minimum atomic E-state index is -0.279. The van der Waals surface area contributed by atoms with Crippen molar-refractivity contribution in [1.29, 1.82) is 0 Å². The summed E-state index contributed by atoms with van der Waals surface area (Å²) < 4.78 is 12.8. The SMILES string of the molecule is CCc1cc2c(=O)nc3n(c2s1)Cc1ccccc1/C3=C(/O)c1ccc(OC)c(OC)c1. The molecule has 0 saturated heterocycles. The van der Waals surface area contributed by atoms with E-state index in [-0.39, 0.29) is 11.3 Å². The lowest BCUT2D eigenvalue weighted by atomic mass is 9.92. The second-order valence-electron chi connectivity index (χ2n) is 7.56. The zero-order valence-electron chi connectivity index (χ0n) is 18.0. The molecule has 0 bridgehead atoms. The fourth-order valence-electron chi connectivity index (χ4n) is 4.16. The summed E-state index contributed by atoms with van der Waals surface area (Å²) in [6.07, 6.45) is 0.851. The summed E-state index contributed by atoms with van der Waals surface area (Å²) in [6.45, 7) is 2.66. The van der Waals surface area contributed by atoms with Crippen LogP contribution in [0.4, 0.5) is 0 Å². The molecule has 0 aliphatic carbocycles. The number of nitrogens with zero attached hydrogens (tertiary/aromatic N) is 2. The van der Waals surface area contributed by atoms with Gasteiger partial charge in [-0.1, -0.05) is 31.2 Å². The minimum absolute atomic E-state index is 0.0328. The molecule has 1 aliphatic heterocycles. The van der Waals surface area contributed by atoms with Gasteiger partial charge in [0.15, 0.2) is 11.5 Å². The highest BCUT2D eigenvalue weighted by Gasteiger charge is 2.28. The van der Waals surface area contributed by atoms with Crippen molar-refractivity contribution in [3.63, 3.8) is 0 Å². The molecule has 0 amide bonds. The first-order valence-corrected chi connectivity index (χ1v) is 11.1. The van der Waals surface area contributed by atoms with Crippen molar-refractivity contribution in [2.75, 3.05) is 14.2 Å². The van der Waals surface area contributed by atoms with Crippen LogP contribution in [0, 0.1) is 0 Å². The van der Waals surface area contributed by atoms with Crippen LogP contribution in [0.25, 0.3) is 21.5 Å². The molecular weight excluding hydrogens is 424 g/mol. The maximum Gasteiger partial charge on any atom is 0.281 e. The van der Waals surface area contributed by atoms with Crippen molar-refractivity contribution >= 4 is 32.9 Å². The Kier molecular flexibility index (Phi) is 4.98. The Morgan fingerprint density at radius 3 is 2.66 bits per heavy atom. The zero-order valence-corrected chi connectivity index (χ0v) is 18.8. The van der Waals surface area contributed by atoms with Gasteiger partial charge in [0.1, 0.15) is 16.4 Å². The number of benzene rings is 2. The van der Waals surface area contributed by atoms with Gasteiger partial charge in [0.2, 0.25) is 0 Å². The summed E-state index contributed by atoms with van der Waals surface area (Å²) in [6, 6.07) is 15.1. The third kappa shape index (κ3) is 3.08. The van der Waals surface area contributed by atoms with E-state index in [9.17, 15) is 9.90 Å². The highest BCUT2D eigenvalue weighted by atomic mass is 32.1. The lowest BCUT2D eigenvalue weighted by Crippen LogP contribution is -2.23. The van der Waals surface area contributed by atoms with Crippen molar-refractivity contribution in [3.8, 4) is 11.5 Å².